The van der Waals surface area contributed by atoms with E-state index in [1.165, 1.54) is 7.11 Å². The topological polar surface area (TPSA) is 77.2 Å². The fourth-order valence-corrected chi connectivity index (χ4v) is 0.724. The van der Waals surface area contributed by atoms with Gasteiger partial charge in [0.1, 0.15) is 5.82 Å². The lowest BCUT2D eigenvalue weighted by Gasteiger charge is -2.02. The molecule has 0 atom stereocenters. The Morgan fingerprint density at radius 2 is 2.42 bits per heavy atom. The van der Waals surface area contributed by atoms with Crippen LogP contribution in [0.5, 0.6) is 5.88 Å². The fourth-order valence-electron chi connectivity index (χ4n) is 0.724. The van der Waals surface area contributed by atoms with E-state index in [1.807, 2.05) is 0 Å². The number of urea groups is 1. The van der Waals surface area contributed by atoms with Crippen molar-refractivity contribution >= 4 is 11.8 Å². The van der Waals surface area contributed by atoms with Crippen LogP contribution in [-0.2, 0) is 0 Å². The zero-order chi connectivity index (χ0) is 8.97. The van der Waals surface area contributed by atoms with Crippen LogP contribution in [0.3, 0.4) is 0 Å². The highest BCUT2D eigenvalue weighted by Gasteiger charge is 1.98. The summed E-state index contributed by atoms with van der Waals surface area (Å²) >= 11 is 0. The average molecular weight is 167 g/mol. The Morgan fingerprint density at radius 1 is 1.67 bits per heavy atom. The molecule has 1 aromatic rings. The first-order chi connectivity index (χ1) is 5.72. The Kier molecular flexibility index (Phi) is 2.47. The van der Waals surface area contributed by atoms with Gasteiger partial charge in [-0.3, -0.25) is 5.32 Å². The number of hydrogen-bond donors (Lipinski definition) is 2. The molecule has 0 aliphatic rings. The quantitative estimate of drug-likeness (QED) is 0.676. The second kappa shape index (κ2) is 3.56. The van der Waals surface area contributed by atoms with E-state index in [0.29, 0.717) is 11.7 Å². The van der Waals surface area contributed by atoms with Crippen molar-refractivity contribution in [3.8, 4) is 5.88 Å². The molecule has 0 spiro atoms. The van der Waals surface area contributed by atoms with E-state index in [2.05, 4.69) is 10.3 Å². The van der Waals surface area contributed by atoms with Gasteiger partial charge in [0.2, 0.25) is 5.88 Å². The van der Waals surface area contributed by atoms with Gasteiger partial charge in [-0.05, 0) is 6.07 Å². The van der Waals surface area contributed by atoms with E-state index in [-0.39, 0.29) is 0 Å². The maximum Gasteiger partial charge on any atom is 0.317 e. The molecule has 0 bridgehead atoms. The number of nitrogens with zero attached hydrogens (tertiary/aromatic N) is 1. The predicted molar refractivity (Wildman–Crippen MR) is 44.0 cm³/mol. The van der Waals surface area contributed by atoms with E-state index in [9.17, 15) is 4.79 Å². The predicted octanol–water partition coefficient (Wildman–Crippen LogP) is 0.581. The van der Waals surface area contributed by atoms with Gasteiger partial charge in [-0.15, -0.1) is 0 Å². The first kappa shape index (κ1) is 8.32. The minimum absolute atomic E-state index is 0.377. The molecule has 1 aromatic heterocycles. The number of anilines is 1. The lowest BCUT2D eigenvalue weighted by Crippen LogP contribution is -2.19. The van der Waals surface area contributed by atoms with Gasteiger partial charge in [-0.1, -0.05) is 6.07 Å². The summed E-state index contributed by atoms with van der Waals surface area (Å²) in [5.41, 5.74) is 4.89. The number of aromatic nitrogens is 1. The van der Waals surface area contributed by atoms with Crippen molar-refractivity contribution in [2.45, 2.75) is 0 Å². The molecule has 0 fully saturated rings. The Hall–Kier alpha value is -1.78. The van der Waals surface area contributed by atoms with Gasteiger partial charge in [-0.2, -0.15) is 4.98 Å². The first-order valence-corrected chi connectivity index (χ1v) is 3.30. The molecule has 12 heavy (non-hydrogen) atoms. The number of amides is 2. The molecule has 2 amide bonds. The van der Waals surface area contributed by atoms with Gasteiger partial charge < -0.3 is 10.5 Å². The van der Waals surface area contributed by atoms with E-state index in [4.69, 9.17) is 10.5 Å². The van der Waals surface area contributed by atoms with E-state index >= 15 is 0 Å². The highest BCUT2D eigenvalue weighted by Crippen LogP contribution is 2.09. The standard InChI is InChI=1S/C7H9N3O2/c1-12-6-4-2-3-5(9-6)10-7(8)11/h2-4H,1H3,(H3,8,9,10,11). The summed E-state index contributed by atoms with van der Waals surface area (Å²) in [7, 11) is 1.50. The smallest absolute Gasteiger partial charge is 0.317 e. The number of rotatable bonds is 2. The van der Waals surface area contributed by atoms with E-state index in [1.54, 1.807) is 18.2 Å². The Morgan fingerprint density at radius 3 is 3.00 bits per heavy atom. The number of nitrogens with two attached hydrogens (primary N) is 1. The molecule has 0 unspecified atom stereocenters. The summed E-state index contributed by atoms with van der Waals surface area (Å²) in [6.45, 7) is 0. The number of carbonyl (C=O) groups excluding carboxylic acids is 1. The summed E-state index contributed by atoms with van der Waals surface area (Å²) in [5, 5.41) is 2.33. The van der Waals surface area contributed by atoms with Gasteiger partial charge in [0.15, 0.2) is 0 Å². The van der Waals surface area contributed by atoms with Crippen LogP contribution in [0.1, 0.15) is 0 Å². The molecule has 1 heterocycles. The second-order valence-corrected chi connectivity index (χ2v) is 2.05. The molecule has 0 aliphatic heterocycles. The van der Waals surface area contributed by atoms with E-state index in [0.717, 1.165) is 0 Å². The highest BCUT2D eigenvalue weighted by atomic mass is 16.5. The van der Waals surface area contributed by atoms with Crippen LogP contribution in [0.2, 0.25) is 0 Å². The summed E-state index contributed by atoms with van der Waals surface area (Å²) in [6.07, 6.45) is 0. The zero-order valence-corrected chi connectivity index (χ0v) is 6.57. The van der Waals surface area contributed by atoms with Gasteiger partial charge >= 0.3 is 6.03 Å². The molecular formula is C7H9N3O2. The molecule has 64 valence electrons. The third kappa shape index (κ3) is 2.12. The molecule has 5 heteroatoms. The number of nitrogens with one attached hydrogen (secondary N) is 1. The lowest BCUT2D eigenvalue weighted by atomic mass is 10.4. The molecule has 0 aromatic carbocycles. The number of carbonyl (C=O) groups is 1. The van der Waals surface area contributed by atoms with Crippen molar-refractivity contribution < 1.29 is 9.53 Å². The largest absolute Gasteiger partial charge is 0.481 e. The summed E-state index contributed by atoms with van der Waals surface area (Å²) in [6, 6.07) is 4.35. The van der Waals surface area contributed by atoms with Gasteiger partial charge in [0.25, 0.3) is 0 Å². The molecule has 5 nitrogen and oxygen atoms in total. The molecule has 0 radical (unpaired) electrons. The molecule has 0 saturated carbocycles. The van der Waals surface area contributed by atoms with Crippen LogP contribution in [0.4, 0.5) is 10.6 Å². The third-order valence-electron chi connectivity index (χ3n) is 1.18. The SMILES string of the molecule is COc1cccc(NC(N)=O)n1. The Balaban J connectivity index is 2.79. The van der Waals surface area contributed by atoms with E-state index < -0.39 is 6.03 Å². The van der Waals surface area contributed by atoms with Crippen molar-refractivity contribution in [3.63, 3.8) is 0 Å². The average Bonchev–Trinajstić information content (AvgIpc) is 2.03. The second-order valence-electron chi connectivity index (χ2n) is 2.05. The summed E-state index contributed by atoms with van der Waals surface area (Å²) in [5.74, 6) is 0.808. The zero-order valence-electron chi connectivity index (χ0n) is 6.57. The molecular weight excluding hydrogens is 158 g/mol. The van der Waals surface area contributed by atoms with Crippen LogP contribution in [-0.4, -0.2) is 18.1 Å². The van der Waals surface area contributed by atoms with Gasteiger partial charge in [0, 0.05) is 6.07 Å². The minimum atomic E-state index is -0.643. The number of ether oxygens (including phenoxy) is 1. The summed E-state index contributed by atoms with van der Waals surface area (Å²) in [4.78, 5) is 14.3. The number of pyridine rings is 1. The maximum absolute atomic E-state index is 10.4. The lowest BCUT2D eigenvalue weighted by molar-refractivity contribution is 0.259. The van der Waals surface area contributed by atoms with Crippen molar-refractivity contribution in [2.24, 2.45) is 5.73 Å². The molecule has 3 N–H and O–H groups in total. The number of hydrogen-bond acceptors (Lipinski definition) is 3. The van der Waals surface area contributed by atoms with Gasteiger partial charge in [0.05, 0.1) is 7.11 Å². The van der Waals surface area contributed by atoms with Crippen LogP contribution < -0.4 is 15.8 Å². The van der Waals surface area contributed by atoms with Gasteiger partial charge in [-0.25, -0.2) is 4.79 Å². The normalized spacial score (nSPS) is 9.08. The number of methoxy groups -OCH3 is 1. The van der Waals surface area contributed by atoms with Crippen molar-refractivity contribution in [3.05, 3.63) is 18.2 Å². The highest BCUT2D eigenvalue weighted by molar-refractivity contribution is 5.86. The number of primary amides is 1. The van der Waals surface area contributed by atoms with Crippen molar-refractivity contribution in [2.75, 3.05) is 12.4 Å². The van der Waals surface area contributed by atoms with Crippen molar-refractivity contribution in [1.29, 1.82) is 0 Å². The Labute approximate surface area is 69.5 Å². The third-order valence-corrected chi connectivity index (χ3v) is 1.18. The minimum Gasteiger partial charge on any atom is -0.481 e. The fraction of sp³-hybridized carbons (Fsp3) is 0.143. The Bertz CT molecular complexity index is 288. The van der Waals surface area contributed by atoms with Crippen LogP contribution >= 0.6 is 0 Å². The van der Waals surface area contributed by atoms with Crippen LogP contribution in [0.25, 0.3) is 0 Å². The molecule has 1 rings (SSSR count). The molecule has 0 aliphatic carbocycles. The monoisotopic (exact) mass is 167 g/mol. The van der Waals surface area contributed by atoms with Crippen LogP contribution in [0.15, 0.2) is 18.2 Å². The van der Waals surface area contributed by atoms with Crippen LogP contribution in [0, 0.1) is 0 Å². The summed E-state index contributed by atoms with van der Waals surface area (Å²) < 4.78 is 4.83. The molecule has 0 saturated heterocycles. The first-order valence-electron chi connectivity index (χ1n) is 3.30. The van der Waals surface area contributed by atoms with Crippen molar-refractivity contribution in [1.82, 2.24) is 4.98 Å². The maximum atomic E-state index is 10.4.